The third-order valence-electron chi connectivity index (χ3n) is 3.86. The zero-order valence-electron chi connectivity index (χ0n) is 12.1. The molecule has 0 radical (unpaired) electrons. The number of nitrogens with zero attached hydrogens (tertiary/aromatic N) is 1. The van der Waals surface area contributed by atoms with E-state index in [0.29, 0.717) is 19.1 Å². The molecule has 0 saturated heterocycles. The van der Waals surface area contributed by atoms with E-state index >= 15 is 0 Å². The van der Waals surface area contributed by atoms with Gasteiger partial charge in [0.15, 0.2) is 0 Å². The average molecular weight is 283 g/mol. The van der Waals surface area contributed by atoms with Gasteiger partial charge in [-0.2, -0.15) is 0 Å². The molecule has 0 spiro atoms. The van der Waals surface area contributed by atoms with Gasteiger partial charge in [0.1, 0.15) is 5.69 Å². The molecule has 0 bridgehead atoms. The molecule has 1 aromatic heterocycles. The van der Waals surface area contributed by atoms with Crippen LogP contribution in [0.4, 0.5) is 0 Å². The molecule has 1 aliphatic rings. The molecule has 1 fully saturated rings. The van der Waals surface area contributed by atoms with Crippen molar-refractivity contribution in [2.45, 2.75) is 31.8 Å². The molecule has 21 heavy (non-hydrogen) atoms. The number of amides is 1. The summed E-state index contributed by atoms with van der Waals surface area (Å²) in [4.78, 5) is 12.3. The third-order valence-corrected chi connectivity index (χ3v) is 3.86. The van der Waals surface area contributed by atoms with Gasteiger partial charge in [-0.05, 0) is 49.1 Å². The molecule has 3 N–H and O–H groups in total. The van der Waals surface area contributed by atoms with Crippen LogP contribution in [0.5, 0.6) is 0 Å². The largest absolute Gasteiger partial charge is 0.347 e. The lowest BCUT2D eigenvalue weighted by molar-refractivity contribution is 0.0941. The van der Waals surface area contributed by atoms with Gasteiger partial charge in [0.25, 0.3) is 5.91 Å². The summed E-state index contributed by atoms with van der Waals surface area (Å²) in [5.41, 5.74) is 8.63. The fourth-order valence-corrected chi connectivity index (χ4v) is 2.52. The number of nitrogens with two attached hydrogens (primary N) is 1. The number of hydrogen-bond donors (Lipinski definition) is 2. The average Bonchev–Trinajstić information content (AvgIpc) is 3.23. The summed E-state index contributed by atoms with van der Waals surface area (Å²) in [6.45, 7) is 1.21. The standard InChI is InChI=1S/C17H21N3O/c18-10-9-13-3-5-14(6-4-13)12-19-17(21)16-2-1-11-20(16)15-7-8-15/h1-6,11,15H,7-10,12,18H2,(H,19,21). The van der Waals surface area contributed by atoms with E-state index < -0.39 is 0 Å². The molecular formula is C17H21N3O. The molecular weight excluding hydrogens is 262 g/mol. The number of benzene rings is 1. The van der Waals surface area contributed by atoms with Crippen molar-refractivity contribution in [2.75, 3.05) is 6.54 Å². The number of rotatable bonds is 6. The second-order valence-electron chi connectivity index (χ2n) is 5.57. The van der Waals surface area contributed by atoms with Crippen molar-refractivity contribution in [3.8, 4) is 0 Å². The van der Waals surface area contributed by atoms with Crippen molar-refractivity contribution in [3.05, 3.63) is 59.4 Å². The Hall–Kier alpha value is -2.07. The van der Waals surface area contributed by atoms with E-state index in [2.05, 4.69) is 22.0 Å². The van der Waals surface area contributed by atoms with Crippen molar-refractivity contribution in [2.24, 2.45) is 5.73 Å². The smallest absolute Gasteiger partial charge is 0.268 e. The molecule has 0 aliphatic heterocycles. The maximum atomic E-state index is 12.3. The molecule has 110 valence electrons. The SMILES string of the molecule is NCCc1ccc(CNC(=O)c2cccn2C2CC2)cc1. The Morgan fingerprint density at radius 2 is 1.90 bits per heavy atom. The molecule has 4 nitrogen and oxygen atoms in total. The fraction of sp³-hybridized carbons (Fsp3) is 0.353. The van der Waals surface area contributed by atoms with Crippen LogP contribution < -0.4 is 11.1 Å². The summed E-state index contributed by atoms with van der Waals surface area (Å²) in [6.07, 6.45) is 5.24. The van der Waals surface area contributed by atoms with Crippen molar-refractivity contribution in [3.63, 3.8) is 0 Å². The topological polar surface area (TPSA) is 60.0 Å². The summed E-state index contributed by atoms with van der Waals surface area (Å²) >= 11 is 0. The predicted molar refractivity (Wildman–Crippen MR) is 83.1 cm³/mol. The Balaban J connectivity index is 1.59. The van der Waals surface area contributed by atoms with Gasteiger partial charge in [0, 0.05) is 18.8 Å². The molecule has 1 aromatic carbocycles. The first kappa shape index (κ1) is 13.9. The van der Waals surface area contributed by atoms with Crippen LogP contribution in [-0.4, -0.2) is 17.0 Å². The van der Waals surface area contributed by atoms with Gasteiger partial charge in [-0.25, -0.2) is 0 Å². The Kier molecular flexibility index (Phi) is 4.06. The molecule has 2 aromatic rings. The van der Waals surface area contributed by atoms with E-state index in [1.807, 2.05) is 30.5 Å². The lowest BCUT2D eigenvalue weighted by Crippen LogP contribution is -2.25. The van der Waals surface area contributed by atoms with E-state index in [4.69, 9.17) is 5.73 Å². The van der Waals surface area contributed by atoms with Crippen LogP contribution >= 0.6 is 0 Å². The lowest BCUT2D eigenvalue weighted by atomic mass is 10.1. The van der Waals surface area contributed by atoms with Crippen LogP contribution in [0.25, 0.3) is 0 Å². The van der Waals surface area contributed by atoms with Crippen molar-refractivity contribution in [1.82, 2.24) is 9.88 Å². The molecule has 0 unspecified atom stereocenters. The van der Waals surface area contributed by atoms with Gasteiger partial charge in [0.05, 0.1) is 0 Å². The highest BCUT2D eigenvalue weighted by Crippen LogP contribution is 2.35. The highest BCUT2D eigenvalue weighted by molar-refractivity contribution is 5.92. The van der Waals surface area contributed by atoms with Gasteiger partial charge in [-0.1, -0.05) is 24.3 Å². The maximum absolute atomic E-state index is 12.3. The van der Waals surface area contributed by atoms with Crippen LogP contribution in [-0.2, 0) is 13.0 Å². The summed E-state index contributed by atoms with van der Waals surface area (Å²) in [7, 11) is 0. The van der Waals surface area contributed by atoms with Gasteiger partial charge in [0.2, 0.25) is 0 Å². The second-order valence-corrected chi connectivity index (χ2v) is 5.57. The first-order valence-electron chi connectivity index (χ1n) is 7.51. The van der Waals surface area contributed by atoms with Crippen molar-refractivity contribution < 1.29 is 4.79 Å². The summed E-state index contributed by atoms with van der Waals surface area (Å²) < 4.78 is 2.08. The van der Waals surface area contributed by atoms with Crippen molar-refractivity contribution >= 4 is 5.91 Å². The Bertz CT molecular complexity index is 611. The van der Waals surface area contributed by atoms with Gasteiger partial charge in [-0.3, -0.25) is 4.79 Å². The highest BCUT2D eigenvalue weighted by Gasteiger charge is 2.26. The summed E-state index contributed by atoms with van der Waals surface area (Å²) in [6, 6.07) is 12.6. The lowest BCUT2D eigenvalue weighted by Gasteiger charge is -2.09. The molecule has 1 saturated carbocycles. The van der Waals surface area contributed by atoms with E-state index in [1.54, 1.807) is 0 Å². The van der Waals surface area contributed by atoms with Crippen LogP contribution in [0.3, 0.4) is 0 Å². The minimum Gasteiger partial charge on any atom is -0.347 e. The maximum Gasteiger partial charge on any atom is 0.268 e. The Morgan fingerprint density at radius 1 is 1.19 bits per heavy atom. The number of carbonyl (C=O) groups is 1. The Labute approximate surface area is 125 Å². The predicted octanol–water partition coefficient (Wildman–Crippen LogP) is 2.25. The van der Waals surface area contributed by atoms with Crippen LogP contribution in [0.15, 0.2) is 42.6 Å². The van der Waals surface area contributed by atoms with Crippen LogP contribution in [0.1, 0.15) is 40.5 Å². The zero-order chi connectivity index (χ0) is 14.7. The van der Waals surface area contributed by atoms with E-state index in [0.717, 1.165) is 17.7 Å². The van der Waals surface area contributed by atoms with Gasteiger partial charge < -0.3 is 15.6 Å². The first-order valence-corrected chi connectivity index (χ1v) is 7.51. The normalized spacial score (nSPS) is 14.1. The van der Waals surface area contributed by atoms with Crippen LogP contribution in [0.2, 0.25) is 0 Å². The van der Waals surface area contributed by atoms with E-state index in [9.17, 15) is 4.79 Å². The van der Waals surface area contributed by atoms with E-state index in [-0.39, 0.29) is 5.91 Å². The monoisotopic (exact) mass is 283 g/mol. The molecule has 1 aliphatic carbocycles. The van der Waals surface area contributed by atoms with E-state index in [1.165, 1.54) is 18.4 Å². The van der Waals surface area contributed by atoms with Gasteiger partial charge in [-0.15, -0.1) is 0 Å². The van der Waals surface area contributed by atoms with Crippen LogP contribution in [0, 0.1) is 0 Å². The van der Waals surface area contributed by atoms with Gasteiger partial charge >= 0.3 is 0 Å². The number of hydrogen-bond acceptors (Lipinski definition) is 2. The second kappa shape index (κ2) is 6.14. The summed E-state index contributed by atoms with van der Waals surface area (Å²) in [5.74, 6) is -0.00191. The quantitative estimate of drug-likeness (QED) is 0.854. The number of aromatic nitrogens is 1. The number of nitrogens with one attached hydrogen (secondary N) is 1. The molecule has 3 rings (SSSR count). The Morgan fingerprint density at radius 3 is 2.57 bits per heavy atom. The zero-order valence-corrected chi connectivity index (χ0v) is 12.1. The summed E-state index contributed by atoms with van der Waals surface area (Å²) in [5, 5.41) is 2.99. The molecule has 4 heteroatoms. The molecule has 1 heterocycles. The highest BCUT2D eigenvalue weighted by atomic mass is 16.1. The fourth-order valence-electron chi connectivity index (χ4n) is 2.52. The molecule has 0 atom stereocenters. The minimum absolute atomic E-state index is 0.00191. The number of carbonyl (C=O) groups excluding carboxylic acids is 1. The first-order chi connectivity index (χ1) is 10.3. The third kappa shape index (κ3) is 3.34. The molecule has 1 amide bonds. The van der Waals surface area contributed by atoms with Crippen molar-refractivity contribution in [1.29, 1.82) is 0 Å². The minimum atomic E-state index is -0.00191.